The lowest BCUT2D eigenvalue weighted by Crippen LogP contribution is -2.15. The van der Waals surface area contributed by atoms with Crippen LogP contribution >= 0.6 is 15.9 Å². The molecule has 0 amide bonds. The van der Waals surface area contributed by atoms with Gasteiger partial charge in [0.2, 0.25) is 0 Å². The number of carbonyl (C=O) groups excluding carboxylic acids is 1. The number of nitrogen functional groups attached to an aromatic ring is 1. The molecule has 0 bridgehead atoms. The Bertz CT molecular complexity index is 416. The van der Waals surface area contributed by atoms with Crippen molar-refractivity contribution in [3.63, 3.8) is 0 Å². The Morgan fingerprint density at radius 3 is 3.12 bits per heavy atom. The van der Waals surface area contributed by atoms with Crippen molar-refractivity contribution >= 4 is 27.6 Å². The van der Waals surface area contributed by atoms with E-state index in [1.807, 2.05) is 0 Å². The van der Waals surface area contributed by atoms with Gasteiger partial charge in [-0.15, -0.1) is 0 Å². The maximum Gasteiger partial charge on any atom is 0.340 e. The second kappa shape index (κ2) is 5.51. The maximum absolute atomic E-state index is 11.8. The normalized spacial score (nSPS) is 19.2. The van der Waals surface area contributed by atoms with E-state index in [2.05, 4.69) is 15.9 Å². The average Bonchev–Trinajstić information content (AvgIpc) is 2.82. The number of hydrogen-bond acceptors (Lipinski definition) is 4. The van der Waals surface area contributed by atoms with Gasteiger partial charge in [0.05, 0.1) is 18.8 Å². The second-order valence-electron chi connectivity index (χ2n) is 4.06. The van der Waals surface area contributed by atoms with E-state index in [1.165, 1.54) is 0 Å². The number of ether oxygens (including phenoxy) is 2. The van der Waals surface area contributed by atoms with Crippen molar-refractivity contribution in [3.8, 4) is 0 Å². The van der Waals surface area contributed by atoms with E-state index >= 15 is 0 Å². The molecule has 0 aromatic heterocycles. The van der Waals surface area contributed by atoms with Gasteiger partial charge >= 0.3 is 5.97 Å². The van der Waals surface area contributed by atoms with Crippen LogP contribution in [0.5, 0.6) is 0 Å². The summed E-state index contributed by atoms with van der Waals surface area (Å²) in [7, 11) is 0. The molecule has 4 nitrogen and oxygen atoms in total. The summed E-state index contributed by atoms with van der Waals surface area (Å²) in [6.07, 6.45) is 0.946. The fourth-order valence-electron chi connectivity index (χ4n) is 1.69. The van der Waals surface area contributed by atoms with Crippen LogP contribution in [0, 0.1) is 5.92 Å². The van der Waals surface area contributed by atoms with Crippen molar-refractivity contribution in [2.45, 2.75) is 6.42 Å². The third-order valence-corrected chi connectivity index (χ3v) is 3.20. The summed E-state index contributed by atoms with van der Waals surface area (Å²) in [5.74, 6) is -0.0666. The summed E-state index contributed by atoms with van der Waals surface area (Å²) in [6, 6.07) is 5.14. The highest BCUT2D eigenvalue weighted by Crippen LogP contribution is 2.20. The number of halogens is 1. The smallest absolute Gasteiger partial charge is 0.340 e. The van der Waals surface area contributed by atoms with Crippen molar-refractivity contribution in [1.29, 1.82) is 0 Å². The zero-order valence-corrected chi connectivity index (χ0v) is 10.9. The number of rotatable bonds is 3. The molecule has 1 aromatic rings. The minimum Gasteiger partial charge on any atom is -0.462 e. The first-order valence-electron chi connectivity index (χ1n) is 5.46. The minimum atomic E-state index is -0.379. The predicted octanol–water partition coefficient (Wildman–Crippen LogP) is 2.22. The summed E-state index contributed by atoms with van der Waals surface area (Å²) >= 11 is 3.30. The van der Waals surface area contributed by atoms with Gasteiger partial charge in [0.1, 0.15) is 0 Å². The molecule has 1 atom stereocenters. The van der Waals surface area contributed by atoms with Crippen LogP contribution < -0.4 is 5.73 Å². The first kappa shape index (κ1) is 12.4. The fraction of sp³-hybridized carbons (Fsp3) is 0.417. The van der Waals surface area contributed by atoms with Crippen molar-refractivity contribution in [2.75, 3.05) is 25.6 Å². The molecule has 92 valence electrons. The molecule has 2 N–H and O–H groups in total. The maximum atomic E-state index is 11.8. The number of benzene rings is 1. The lowest BCUT2D eigenvalue weighted by molar-refractivity contribution is 0.0429. The highest BCUT2D eigenvalue weighted by Gasteiger charge is 2.19. The van der Waals surface area contributed by atoms with Gasteiger partial charge in [-0.2, -0.15) is 0 Å². The van der Waals surface area contributed by atoms with E-state index < -0.39 is 0 Å². The number of esters is 1. The van der Waals surface area contributed by atoms with E-state index in [4.69, 9.17) is 15.2 Å². The van der Waals surface area contributed by atoms with Gasteiger partial charge < -0.3 is 15.2 Å². The van der Waals surface area contributed by atoms with E-state index in [0.717, 1.165) is 17.5 Å². The van der Waals surface area contributed by atoms with Crippen LogP contribution in [-0.4, -0.2) is 25.8 Å². The second-order valence-corrected chi connectivity index (χ2v) is 4.98. The van der Waals surface area contributed by atoms with Gasteiger partial charge in [0.25, 0.3) is 0 Å². The van der Waals surface area contributed by atoms with Crippen LogP contribution in [0.2, 0.25) is 0 Å². The molecule has 1 unspecified atom stereocenters. The Labute approximate surface area is 108 Å². The highest BCUT2D eigenvalue weighted by molar-refractivity contribution is 9.10. The molecule has 0 aliphatic carbocycles. The largest absolute Gasteiger partial charge is 0.462 e. The van der Waals surface area contributed by atoms with Crippen molar-refractivity contribution in [1.82, 2.24) is 0 Å². The summed E-state index contributed by atoms with van der Waals surface area (Å²) in [4.78, 5) is 11.8. The van der Waals surface area contributed by atoms with Crippen LogP contribution in [0.15, 0.2) is 22.7 Å². The molecule has 0 spiro atoms. The zero-order valence-electron chi connectivity index (χ0n) is 9.32. The average molecular weight is 300 g/mol. The van der Waals surface area contributed by atoms with Crippen LogP contribution in [-0.2, 0) is 9.47 Å². The van der Waals surface area contributed by atoms with E-state index in [0.29, 0.717) is 30.4 Å². The third kappa shape index (κ3) is 3.20. The molecule has 1 aliphatic rings. The molecule has 1 fully saturated rings. The summed E-state index contributed by atoms with van der Waals surface area (Å²) in [5, 5.41) is 0. The van der Waals surface area contributed by atoms with Gasteiger partial charge in [-0.25, -0.2) is 4.79 Å². The van der Waals surface area contributed by atoms with Gasteiger partial charge in [-0.1, -0.05) is 15.9 Å². The molecular weight excluding hydrogens is 286 g/mol. The topological polar surface area (TPSA) is 61.6 Å². The Morgan fingerprint density at radius 2 is 2.41 bits per heavy atom. The zero-order chi connectivity index (χ0) is 12.3. The lowest BCUT2D eigenvalue weighted by Gasteiger charge is -2.10. The Morgan fingerprint density at radius 1 is 1.59 bits per heavy atom. The van der Waals surface area contributed by atoms with Gasteiger partial charge in [0.15, 0.2) is 0 Å². The molecule has 5 heteroatoms. The number of anilines is 1. The molecule has 0 saturated carbocycles. The minimum absolute atomic E-state index is 0.312. The van der Waals surface area contributed by atoms with Crippen molar-refractivity contribution in [3.05, 3.63) is 28.2 Å². The number of hydrogen-bond donors (Lipinski definition) is 1. The standard InChI is InChI=1S/C12H14BrNO3/c13-9-1-2-11(14)10(5-9)12(15)17-7-8-3-4-16-6-8/h1-2,5,8H,3-4,6-7,14H2. The van der Waals surface area contributed by atoms with E-state index in [1.54, 1.807) is 18.2 Å². The van der Waals surface area contributed by atoms with Gasteiger partial charge in [0, 0.05) is 22.7 Å². The molecule has 17 heavy (non-hydrogen) atoms. The van der Waals surface area contributed by atoms with Crippen LogP contribution in [0.1, 0.15) is 16.8 Å². The molecule has 2 rings (SSSR count). The first-order chi connectivity index (χ1) is 8.16. The summed E-state index contributed by atoms with van der Waals surface area (Å²) < 4.78 is 11.3. The fourth-order valence-corrected chi connectivity index (χ4v) is 2.05. The number of carbonyl (C=O) groups is 1. The first-order valence-corrected chi connectivity index (χ1v) is 6.26. The molecule has 1 aromatic carbocycles. The Kier molecular flexibility index (Phi) is 4.02. The van der Waals surface area contributed by atoms with Gasteiger partial charge in [-0.3, -0.25) is 0 Å². The monoisotopic (exact) mass is 299 g/mol. The van der Waals surface area contributed by atoms with Crippen LogP contribution in [0.4, 0.5) is 5.69 Å². The van der Waals surface area contributed by atoms with E-state index in [9.17, 15) is 4.79 Å². The molecular formula is C12H14BrNO3. The molecule has 1 heterocycles. The van der Waals surface area contributed by atoms with Crippen LogP contribution in [0.25, 0.3) is 0 Å². The van der Waals surface area contributed by atoms with E-state index in [-0.39, 0.29) is 5.97 Å². The highest BCUT2D eigenvalue weighted by atomic mass is 79.9. The Balaban J connectivity index is 1.96. The lowest BCUT2D eigenvalue weighted by atomic mass is 10.1. The Hall–Kier alpha value is -1.07. The number of nitrogens with two attached hydrogens (primary N) is 1. The SMILES string of the molecule is Nc1ccc(Br)cc1C(=O)OCC1CCOC1. The molecule has 0 radical (unpaired) electrons. The van der Waals surface area contributed by atoms with Crippen molar-refractivity contribution in [2.24, 2.45) is 5.92 Å². The van der Waals surface area contributed by atoms with Crippen LogP contribution in [0.3, 0.4) is 0 Å². The third-order valence-electron chi connectivity index (χ3n) is 2.71. The van der Waals surface area contributed by atoms with Crippen molar-refractivity contribution < 1.29 is 14.3 Å². The summed E-state index contributed by atoms with van der Waals surface area (Å²) in [5.41, 5.74) is 6.56. The van der Waals surface area contributed by atoms with Gasteiger partial charge in [-0.05, 0) is 24.6 Å². The molecule has 1 saturated heterocycles. The quantitative estimate of drug-likeness (QED) is 0.687. The predicted molar refractivity (Wildman–Crippen MR) is 67.8 cm³/mol. The summed E-state index contributed by atoms with van der Waals surface area (Å²) in [6.45, 7) is 1.81. The molecule has 1 aliphatic heterocycles.